The summed E-state index contributed by atoms with van der Waals surface area (Å²) in [7, 11) is 0. The van der Waals surface area contributed by atoms with Crippen molar-refractivity contribution in [1.29, 1.82) is 0 Å². The Bertz CT molecular complexity index is 833. The number of halogens is 2. The maximum absolute atomic E-state index is 8.48. The maximum atomic E-state index is 8.48. The van der Waals surface area contributed by atoms with E-state index in [1.165, 1.54) is 5.56 Å². The number of fused-ring (bicyclic) bond motifs is 1. The predicted molar refractivity (Wildman–Crippen MR) is 214 cm³/mol. The van der Waals surface area contributed by atoms with E-state index in [1.807, 2.05) is 91.9 Å². The molecule has 0 saturated carbocycles. The van der Waals surface area contributed by atoms with Crippen molar-refractivity contribution in [2.45, 2.75) is 115 Å². The summed E-state index contributed by atoms with van der Waals surface area (Å²) in [5.41, 5.74) is 2.30. The third-order valence-electron chi connectivity index (χ3n) is 3.78. The van der Waals surface area contributed by atoms with E-state index < -0.39 is 0 Å². The Hall–Kier alpha value is -2.03. The Morgan fingerprint density at radius 3 is 1.74 bits per heavy atom. The van der Waals surface area contributed by atoms with Gasteiger partial charge in [-0.25, -0.2) is 4.98 Å². The Morgan fingerprint density at radius 1 is 0.767 bits per heavy atom. The summed E-state index contributed by atoms with van der Waals surface area (Å²) in [6, 6.07) is 7.81. The number of nitrogens with zero attached hydrogens (tertiary/aromatic N) is 4. The zero-order valence-corrected chi connectivity index (χ0v) is 25.7. The van der Waals surface area contributed by atoms with Crippen molar-refractivity contribution in [1.82, 2.24) is 14.9 Å². The number of hydrogen-bond acceptors (Lipinski definition) is 6. The number of aromatic nitrogens is 2. The highest BCUT2D eigenvalue weighted by Gasteiger charge is 2.14. The van der Waals surface area contributed by atoms with E-state index in [1.54, 1.807) is 6.20 Å². The number of anilines is 1. The number of hydrogen-bond donors (Lipinski definition) is 2. The summed E-state index contributed by atoms with van der Waals surface area (Å²) in [5, 5.41) is 11.4. The lowest BCUT2D eigenvalue weighted by atomic mass is 10.3. The molecule has 260 valence electrons. The van der Waals surface area contributed by atoms with E-state index in [4.69, 9.17) is 5.11 Å². The van der Waals surface area contributed by atoms with Crippen molar-refractivity contribution in [3.63, 3.8) is 0 Å². The fourth-order valence-electron chi connectivity index (χ4n) is 2.31. The van der Waals surface area contributed by atoms with Crippen LogP contribution in [0.3, 0.4) is 0 Å². The van der Waals surface area contributed by atoms with Gasteiger partial charge in [-0.05, 0) is 81.6 Å². The Labute approximate surface area is 288 Å². The van der Waals surface area contributed by atoms with Gasteiger partial charge in [0.2, 0.25) is 0 Å². The molecule has 0 saturated heterocycles. The second-order valence-electron chi connectivity index (χ2n) is 6.27. The Balaban J connectivity index is -0.0000000404. The normalized spacial score (nSPS) is 9.79. The first kappa shape index (κ1) is 68.2. The molecule has 2 aromatic heterocycles. The van der Waals surface area contributed by atoms with E-state index in [0.717, 1.165) is 39.4 Å². The standard InChI is InChI=1S/C7H9BrN2O.C7H7BrN2.C7H9N.3C2H6.8CH4/c8-6-1-2-7(10-5-6)9-3-4-11;8-6-1-2-7-9-3-4-10(7)5-6;1-6-3-4-7(2)8-5-6;3*1-2;;;;;;;;/h1-2,5,11H,3-4H2,(H,9,10);1-2,5H,3-4H2;3-5H,1-2H3;3*1-2H3;8*1H4. The molecule has 4 heterocycles. The van der Waals surface area contributed by atoms with Gasteiger partial charge in [0.25, 0.3) is 0 Å². The molecular formula is C35H75Br2N5O. The van der Waals surface area contributed by atoms with Gasteiger partial charge < -0.3 is 15.3 Å². The van der Waals surface area contributed by atoms with Gasteiger partial charge in [-0.1, -0.05) is 107 Å². The van der Waals surface area contributed by atoms with Crippen LogP contribution in [0.1, 0.15) is 112 Å². The van der Waals surface area contributed by atoms with E-state index in [9.17, 15) is 0 Å². The highest BCUT2D eigenvalue weighted by molar-refractivity contribution is 9.12. The Morgan fingerprint density at radius 2 is 1.33 bits per heavy atom. The molecule has 2 aromatic rings. The molecule has 0 amide bonds. The predicted octanol–water partition coefficient (Wildman–Crippen LogP) is 12.6. The fourth-order valence-corrected chi connectivity index (χ4v) is 2.92. The van der Waals surface area contributed by atoms with E-state index in [2.05, 4.69) is 69.3 Å². The maximum Gasteiger partial charge on any atom is 0.127 e. The number of rotatable bonds is 3. The molecule has 0 atom stereocenters. The molecule has 2 aliphatic heterocycles. The molecule has 0 aliphatic carbocycles. The number of aliphatic hydroxyl groups excluding tert-OH is 1. The second-order valence-corrected chi connectivity index (χ2v) is 8.10. The smallest absolute Gasteiger partial charge is 0.127 e. The molecule has 0 fully saturated rings. The van der Waals surface area contributed by atoms with Crippen molar-refractivity contribution in [3.8, 4) is 0 Å². The van der Waals surface area contributed by atoms with Gasteiger partial charge in [0.05, 0.1) is 13.2 Å². The molecule has 8 heteroatoms. The SMILES string of the molecule is BrC1=CN2CCN=C2C=C1.C.C.C.C.C.C.C.C.CC.CC.CC.Cc1ccc(C)nc1.OCCNc1ccc(Br)cn1. The number of nitrogens with one attached hydrogen (secondary N) is 1. The molecule has 0 aromatic carbocycles. The van der Waals surface area contributed by atoms with Gasteiger partial charge in [-0.3, -0.25) is 9.98 Å². The molecule has 4 rings (SSSR count). The average Bonchev–Trinajstić information content (AvgIpc) is 3.38. The van der Waals surface area contributed by atoms with Crippen LogP contribution in [0.2, 0.25) is 0 Å². The summed E-state index contributed by atoms with van der Waals surface area (Å²) in [4.78, 5) is 14.6. The van der Waals surface area contributed by atoms with Crippen LogP contribution in [0.15, 0.2) is 69.0 Å². The molecule has 0 bridgehead atoms. The molecule has 0 unspecified atom stereocenters. The number of allylic oxidation sites excluding steroid dienone is 2. The van der Waals surface area contributed by atoms with Gasteiger partial charge in [0, 0.05) is 46.3 Å². The van der Waals surface area contributed by atoms with Crippen LogP contribution in [0, 0.1) is 13.8 Å². The minimum atomic E-state index is 0. The fraction of sp³-hybridized carbons (Fsp3) is 0.571. The average molecular weight is 742 g/mol. The van der Waals surface area contributed by atoms with E-state index in [-0.39, 0.29) is 66.0 Å². The lowest BCUT2D eigenvalue weighted by Gasteiger charge is -2.15. The molecule has 6 nitrogen and oxygen atoms in total. The van der Waals surface area contributed by atoms with Crippen LogP contribution in [0.25, 0.3) is 0 Å². The molecule has 2 aliphatic rings. The van der Waals surface area contributed by atoms with Gasteiger partial charge in [-0.2, -0.15) is 0 Å². The first-order valence-corrected chi connectivity index (χ1v) is 13.8. The van der Waals surface area contributed by atoms with Gasteiger partial charge >= 0.3 is 0 Å². The number of aryl methyl sites for hydroxylation is 2. The van der Waals surface area contributed by atoms with Crippen LogP contribution in [-0.2, 0) is 0 Å². The zero-order chi connectivity index (χ0) is 27.1. The summed E-state index contributed by atoms with van der Waals surface area (Å²) >= 11 is 6.68. The van der Waals surface area contributed by atoms with E-state index >= 15 is 0 Å². The van der Waals surface area contributed by atoms with Gasteiger partial charge in [0.15, 0.2) is 0 Å². The molecular weight excluding hydrogens is 666 g/mol. The van der Waals surface area contributed by atoms with Crippen LogP contribution < -0.4 is 5.32 Å². The summed E-state index contributed by atoms with van der Waals surface area (Å²) in [6.45, 7) is 18.6. The van der Waals surface area contributed by atoms with E-state index in [0.29, 0.717) is 6.54 Å². The van der Waals surface area contributed by atoms with Gasteiger partial charge in [-0.15, -0.1) is 0 Å². The highest BCUT2D eigenvalue weighted by Crippen LogP contribution is 2.17. The minimum absolute atomic E-state index is 0. The largest absolute Gasteiger partial charge is 0.395 e. The third-order valence-corrected chi connectivity index (χ3v) is 4.72. The van der Waals surface area contributed by atoms with Crippen LogP contribution in [0.5, 0.6) is 0 Å². The van der Waals surface area contributed by atoms with Crippen molar-refractivity contribution < 1.29 is 5.11 Å². The molecule has 0 spiro atoms. The van der Waals surface area contributed by atoms with Crippen molar-refractivity contribution >= 4 is 43.5 Å². The van der Waals surface area contributed by atoms with Crippen LogP contribution >= 0.6 is 31.9 Å². The van der Waals surface area contributed by atoms with Crippen molar-refractivity contribution in [3.05, 3.63) is 75.2 Å². The van der Waals surface area contributed by atoms with Gasteiger partial charge in [0.1, 0.15) is 11.7 Å². The molecule has 2 N–H and O–H groups in total. The summed E-state index contributed by atoms with van der Waals surface area (Å²) in [6.07, 6.45) is 9.68. The summed E-state index contributed by atoms with van der Waals surface area (Å²) in [5.74, 6) is 1.87. The number of amidine groups is 1. The monoisotopic (exact) mass is 739 g/mol. The minimum Gasteiger partial charge on any atom is -0.395 e. The highest BCUT2D eigenvalue weighted by atomic mass is 79.9. The number of aliphatic hydroxyl groups is 1. The molecule has 43 heavy (non-hydrogen) atoms. The number of aliphatic imine (C=N–C) groups is 1. The van der Waals surface area contributed by atoms with Crippen molar-refractivity contribution in [2.75, 3.05) is 31.6 Å². The Kier molecular flexibility index (Phi) is 74.5. The lowest BCUT2D eigenvalue weighted by molar-refractivity contribution is 0.311. The van der Waals surface area contributed by atoms with Crippen LogP contribution in [-0.4, -0.2) is 52.1 Å². The first-order chi connectivity index (χ1) is 17.0. The zero-order valence-electron chi connectivity index (χ0n) is 22.5. The quantitative estimate of drug-likeness (QED) is 0.328. The van der Waals surface area contributed by atoms with Crippen LogP contribution in [0.4, 0.5) is 5.82 Å². The topological polar surface area (TPSA) is 73.6 Å². The number of pyridine rings is 2. The lowest BCUT2D eigenvalue weighted by Crippen LogP contribution is -2.21. The molecule has 0 radical (unpaired) electrons. The first-order valence-electron chi connectivity index (χ1n) is 12.2. The van der Waals surface area contributed by atoms with Crippen molar-refractivity contribution in [2.24, 2.45) is 4.99 Å². The second kappa shape index (κ2) is 46.9. The summed E-state index contributed by atoms with van der Waals surface area (Å²) < 4.78 is 2.07. The third kappa shape index (κ3) is 34.3.